The van der Waals surface area contributed by atoms with Gasteiger partial charge in [-0.05, 0) is 24.0 Å². The van der Waals surface area contributed by atoms with Crippen molar-refractivity contribution in [1.82, 2.24) is 9.55 Å². The molecule has 0 aromatic carbocycles. The SMILES string of the molecule is CCCCn1c(N)c(N(Cc2ccco2)C(=O)CC(C)(C)C)c(=O)[nH]c1=O. The quantitative estimate of drug-likeness (QED) is 0.770. The van der Waals surface area contributed by atoms with Crippen LogP contribution in [0.15, 0.2) is 32.4 Å². The largest absolute Gasteiger partial charge is 0.467 e. The van der Waals surface area contributed by atoms with Crippen LogP contribution in [-0.2, 0) is 17.9 Å². The number of anilines is 2. The van der Waals surface area contributed by atoms with Crippen LogP contribution in [0.2, 0.25) is 0 Å². The molecule has 0 aliphatic carbocycles. The molecule has 0 saturated heterocycles. The molecule has 27 heavy (non-hydrogen) atoms. The van der Waals surface area contributed by atoms with E-state index in [0.29, 0.717) is 12.3 Å². The smallest absolute Gasteiger partial charge is 0.330 e. The molecule has 0 unspecified atom stereocenters. The van der Waals surface area contributed by atoms with Gasteiger partial charge in [-0.3, -0.25) is 24.0 Å². The minimum atomic E-state index is -0.681. The van der Waals surface area contributed by atoms with Gasteiger partial charge in [-0.2, -0.15) is 0 Å². The highest BCUT2D eigenvalue weighted by Gasteiger charge is 2.28. The number of hydrogen-bond donors (Lipinski definition) is 2. The Morgan fingerprint density at radius 1 is 1.33 bits per heavy atom. The first kappa shape index (κ1) is 20.5. The van der Waals surface area contributed by atoms with Crippen molar-refractivity contribution in [2.24, 2.45) is 5.41 Å². The van der Waals surface area contributed by atoms with E-state index in [9.17, 15) is 14.4 Å². The first-order chi connectivity index (χ1) is 12.6. The minimum absolute atomic E-state index is 0.00832. The van der Waals surface area contributed by atoms with Crippen LogP contribution in [0, 0.1) is 5.41 Å². The molecule has 2 aromatic heterocycles. The molecular weight excluding hydrogens is 348 g/mol. The summed E-state index contributed by atoms with van der Waals surface area (Å²) in [6, 6.07) is 3.42. The molecule has 2 rings (SSSR count). The van der Waals surface area contributed by atoms with Gasteiger partial charge in [0.1, 0.15) is 11.6 Å². The van der Waals surface area contributed by atoms with Gasteiger partial charge in [0, 0.05) is 13.0 Å². The van der Waals surface area contributed by atoms with Crippen LogP contribution in [0.25, 0.3) is 0 Å². The van der Waals surface area contributed by atoms with Crippen LogP contribution < -0.4 is 21.9 Å². The zero-order valence-electron chi connectivity index (χ0n) is 16.4. The third-order valence-corrected chi connectivity index (χ3v) is 4.10. The van der Waals surface area contributed by atoms with Gasteiger partial charge in [-0.15, -0.1) is 0 Å². The van der Waals surface area contributed by atoms with E-state index in [-0.39, 0.29) is 35.8 Å². The van der Waals surface area contributed by atoms with E-state index in [0.717, 1.165) is 12.8 Å². The number of nitrogen functional groups attached to an aromatic ring is 1. The Morgan fingerprint density at radius 2 is 2.04 bits per heavy atom. The number of amides is 1. The molecule has 2 aromatic rings. The van der Waals surface area contributed by atoms with Crippen molar-refractivity contribution in [2.45, 2.75) is 60.0 Å². The number of nitrogens with two attached hydrogens (primary N) is 1. The van der Waals surface area contributed by atoms with Crippen molar-refractivity contribution in [2.75, 3.05) is 10.6 Å². The van der Waals surface area contributed by atoms with Crippen LogP contribution >= 0.6 is 0 Å². The maximum atomic E-state index is 13.0. The molecule has 0 atom stereocenters. The molecule has 0 radical (unpaired) electrons. The van der Waals surface area contributed by atoms with E-state index in [1.165, 1.54) is 15.7 Å². The molecule has 1 amide bonds. The summed E-state index contributed by atoms with van der Waals surface area (Å²) in [5.74, 6) is 0.241. The van der Waals surface area contributed by atoms with Gasteiger partial charge in [0.15, 0.2) is 5.69 Å². The lowest BCUT2D eigenvalue weighted by Crippen LogP contribution is -2.41. The monoisotopic (exact) mass is 376 g/mol. The van der Waals surface area contributed by atoms with E-state index in [4.69, 9.17) is 10.2 Å². The van der Waals surface area contributed by atoms with Gasteiger partial charge in [0.05, 0.1) is 12.8 Å². The molecule has 8 heteroatoms. The number of rotatable bonds is 7. The number of H-pyrrole nitrogens is 1. The van der Waals surface area contributed by atoms with Crippen LogP contribution in [0.5, 0.6) is 0 Å². The fourth-order valence-corrected chi connectivity index (χ4v) is 2.78. The Hall–Kier alpha value is -2.77. The summed E-state index contributed by atoms with van der Waals surface area (Å²) < 4.78 is 6.65. The molecule has 0 aliphatic heterocycles. The van der Waals surface area contributed by atoms with Gasteiger partial charge < -0.3 is 10.2 Å². The molecule has 0 spiro atoms. The normalized spacial score (nSPS) is 11.6. The van der Waals surface area contributed by atoms with Crippen molar-refractivity contribution < 1.29 is 9.21 Å². The molecular formula is C19H28N4O4. The third-order valence-electron chi connectivity index (χ3n) is 4.10. The number of nitrogens with zero attached hydrogens (tertiary/aromatic N) is 2. The van der Waals surface area contributed by atoms with E-state index < -0.39 is 11.2 Å². The molecule has 148 valence electrons. The summed E-state index contributed by atoms with van der Waals surface area (Å²) in [6.07, 6.45) is 3.29. The van der Waals surface area contributed by atoms with Crippen LogP contribution in [-0.4, -0.2) is 15.5 Å². The Balaban J connectivity index is 2.55. The first-order valence-electron chi connectivity index (χ1n) is 9.09. The highest BCUT2D eigenvalue weighted by Crippen LogP contribution is 2.25. The number of hydrogen-bond acceptors (Lipinski definition) is 5. The number of furan rings is 1. The molecule has 0 bridgehead atoms. The average molecular weight is 376 g/mol. The maximum Gasteiger partial charge on any atom is 0.330 e. The predicted molar refractivity (Wildman–Crippen MR) is 105 cm³/mol. The van der Waals surface area contributed by atoms with Gasteiger partial charge in [0.25, 0.3) is 5.56 Å². The highest BCUT2D eigenvalue weighted by molar-refractivity contribution is 5.95. The lowest BCUT2D eigenvalue weighted by atomic mass is 9.91. The van der Waals surface area contributed by atoms with Crippen LogP contribution in [0.1, 0.15) is 52.7 Å². The van der Waals surface area contributed by atoms with E-state index in [1.807, 2.05) is 27.7 Å². The third kappa shape index (κ3) is 5.12. The Kier molecular flexibility index (Phi) is 6.30. The van der Waals surface area contributed by atoms with E-state index in [2.05, 4.69) is 4.98 Å². The van der Waals surface area contributed by atoms with Crippen molar-refractivity contribution in [3.63, 3.8) is 0 Å². The maximum absolute atomic E-state index is 13.0. The second kappa shape index (κ2) is 8.28. The molecule has 0 fully saturated rings. The predicted octanol–water partition coefficient (Wildman–Crippen LogP) is 2.48. The topological polar surface area (TPSA) is 114 Å². The number of carbonyl (C=O) groups is 1. The first-order valence-corrected chi connectivity index (χ1v) is 9.09. The minimum Gasteiger partial charge on any atom is -0.467 e. The second-order valence-electron chi connectivity index (χ2n) is 7.79. The molecule has 0 aliphatic rings. The van der Waals surface area contributed by atoms with Gasteiger partial charge in [0.2, 0.25) is 5.91 Å². The van der Waals surface area contributed by atoms with Crippen molar-refractivity contribution in [3.8, 4) is 0 Å². The summed E-state index contributed by atoms with van der Waals surface area (Å²) in [7, 11) is 0. The van der Waals surface area contributed by atoms with E-state index >= 15 is 0 Å². The number of aromatic amines is 1. The zero-order valence-corrected chi connectivity index (χ0v) is 16.4. The van der Waals surface area contributed by atoms with Gasteiger partial charge >= 0.3 is 5.69 Å². The number of unbranched alkanes of at least 4 members (excludes halogenated alkanes) is 1. The Morgan fingerprint density at radius 3 is 2.59 bits per heavy atom. The van der Waals surface area contributed by atoms with Crippen molar-refractivity contribution >= 4 is 17.4 Å². The number of nitrogens with one attached hydrogen (secondary N) is 1. The second-order valence-corrected chi connectivity index (χ2v) is 7.79. The fraction of sp³-hybridized carbons (Fsp3) is 0.526. The summed E-state index contributed by atoms with van der Waals surface area (Å²) >= 11 is 0. The van der Waals surface area contributed by atoms with Gasteiger partial charge in [-0.25, -0.2) is 4.79 Å². The summed E-state index contributed by atoms with van der Waals surface area (Å²) in [6.45, 7) is 8.22. The molecule has 2 heterocycles. The molecule has 8 nitrogen and oxygen atoms in total. The average Bonchev–Trinajstić information content (AvgIpc) is 3.05. The number of carbonyl (C=O) groups excluding carboxylic acids is 1. The summed E-state index contributed by atoms with van der Waals surface area (Å²) in [5.41, 5.74) is 4.62. The lowest BCUT2D eigenvalue weighted by Gasteiger charge is -2.27. The number of aromatic nitrogens is 2. The van der Waals surface area contributed by atoms with Crippen LogP contribution in [0.3, 0.4) is 0 Å². The lowest BCUT2D eigenvalue weighted by molar-refractivity contribution is -0.120. The van der Waals surface area contributed by atoms with Crippen LogP contribution in [0.4, 0.5) is 11.5 Å². The molecule has 0 saturated carbocycles. The zero-order chi connectivity index (χ0) is 20.2. The fourth-order valence-electron chi connectivity index (χ4n) is 2.78. The van der Waals surface area contributed by atoms with Crippen molar-refractivity contribution in [3.05, 3.63) is 45.0 Å². The van der Waals surface area contributed by atoms with Gasteiger partial charge in [-0.1, -0.05) is 34.1 Å². The Labute approximate surface area is 158 Å². The highest BCUT2D eigenvalue weighted by atomic mass is 16.3. The summed E-state index contributed by atoms with van der Waals surface area (Å²) in [4.78, 5) is 41.3. The Bertz CT molecular complexity index is 888. The van der Waals surface area contributed by atoms with Crippen molar-refractivity contribution in [1.29, 1.82) is 0 Å². The van der Waals surface area contributed by atoms with E-state index in [1.54, 1.807) is 12.1 Å². The molecule has 3 N–H and O–H groups in total. The standard InChI is InChI=1S/C19H28N4O4/c1-5-6-9-22-16(20)15(17(25)21-18(22)26)23(12-13-8-7-10-27-13)14(24)11-19(2,3)4/h7-8,10H,5-6,9,11-12,20H2,1-4H3,(H,21,25,26). The summed E-state index contributed by atoms with van der Waals surface area (Å²) in [5, 5.41) is 0.